The lowest BCUT2D eigenvalue weighted by Gasteiger charge is -2.27. The second-order valence-corrected chi connectivity index (χ2v) is 26.3. The number of rotatable bonds is 26. The first kappa shape index (κ1) is 84.5. The normalized spacial score (nSPS) is 12.1. The highest BCUT2D eigenvalue weighted by Gasteiger charge is 2.32. The summed E-state index contributed by atoms with van der Waals surface area (Å²) in [4.78, 5) is 60.5. The fourth-order valence-electron chi connectivity index (χ4n) is 10.8. The van der Waals surface area contributed by atoms with E-state index < -0.39 is 126 Å². The van der Waals surface area contributed by atoms with Crippen LogP contribution in [-0.2, 0) is 43.5 Å². The number of carbonyl (C=O) groups is 4. The molecule has 116 heavy (non-hydrogen) atoms. The van der Waals surface area contributed by atoms with Gasteiger partial charge in [0.1, 0.15) is 95.9 Å². The SMILES string of the molecule is O=C(CO)c1cc(F)c(Cn2nnc(Cc3ccccn3)n2)c(F)c1.O=C(CO)c1cc(F)c(Cn2nnnc2-c2ccc(C(F)(F)F)cn2)c(F)c1.O=C(CO)c1cc(F)c(Sc2nnc(-c3ccc(F)cc3)n2CCN2CCOCC2)c(F)c1.O=C(CO)c1cc(F)c(Sc2nnc(-c3ccccn3)n2Cc2ccco2)c(F)c1. The molecule has 28 nitrogen and oxygen atoms in total. The second kappa shape index (κ2) is 39.1. The van der Waals surface area contributed by atoms with E-state index in [1.165, 1.54) is 18.4 Å². The van der Waals surface area contributed by atoms with Crippen molar-refractivity contribution < 1.29 is 101 Å². The number of Topliss-reactive ketones (excluding diaryl/α,β-unsaturated/α-hetero) is 4. The molecule has 0 radical (unpaired) electrons. The lowest BCUT2D eigenvalue weighted by atomic mass is 10.1. The van der Waals surface area contributed by atoms with Gasteiger partial charge in [0.2, 0.25) is 5.82 Å². The van der Waals surface area contributed by atoms with Crippen molar-refractivity contribution in [2.24, 2.45) is 0 Å². The van der Waals surface area contributed by atoms with Crippen molar-refractivity contribution in [1.29, 1.82) is 0 Å². The molecule has 1 fully saturated rings. The van der Waals surface area contributed by atoms with Gasteiger partial charge in [0.05, 0.1) is 60.9 Å². The lowest BCUT2D eigenvalue weighted by Crippen LogP contribution is -2.38. The number of alkyl halides is 3. The number of furan rings is 1. The minimum absolute atomic E-state index is 0.0362. The molecule has 1 aliphatic rings. The molecule has 600 valence electrons. The van der Waals surface area contributed by atoms with Crippen LogP contribution in [0.3, 0.4) is 0 Å². The summed E-state index contributed by atoms with van der Waals surface area (Å²) < 4.78 is 181. The zero-order valence-electron chi connectivity index (χ0n) is 59.6. The maximum Gasteiger partial charge on any atom is 0.417 e. The molecule has 1 saturated heterocycles. The third kappa shape index (κ3) is 21.5. The van der Waals surface area contributed by atoms with Crippen LogP contribution in [0.25, 0.3) is 34.4 Å². The van der Waals surface area contributed by atoms with Crippen LogP contribution in [0.1, 0.15) is 75.4 Å². The predicted molar refractivity (Wildman–Crippen MR) is 382 cm³/mol. The van der Waals surface area contributed by atoms with E-state index >= 15 is 0 Å². The summed E-state index contributed by atoms with van der Waals surface area (Å²) in [5.41, 5.74) is -0.970. The molecule has 0 bridgehead atoms. The Labute approximate surface area is 654 Å². The first-order valence-corrected chi connectivity index (χ1v) is 35.6. The van der Waals surface area contributed by atoms with E-state index in [1.807, 2.05) is 6.07 Å². The molecule has 0 saturated carbocycles. The fraction of sp³-hybridized carbons (Fsp3) is 0.203. The minimum Gasteiger partial charge on any atom is -0.467 e. The van der Waals surface area contributed by atoms with E-state index in [0.29, 0.717) is 73.4 Å². The van der Waals surface area contributed by atoms with Gasteiger partial charge in [-0.15, -0.1) is 35.7 Å². The predicted octanol–water partition coefficient (Wildman–Crippen LogP) is 10.0. The molecule has 0 unspecified atom stereocenters. The number of aliphatic hydroxyl groups is 4. The van der Waals surface area contributed by atoms with Crippen LogP contribution in [0.2, 0.25) is 0 Å². The van der Waals surface area contributed by atoms with Crippen molar-refractivity contribution in [2.75, 3.05) is 59.3 Å². The first-order valence-electron chi connectivity index (χ1n) is 34.0. The van der Waals surface area contributed by atoms with Crippen LogP contribution in [0.15, 0.2) is 183 Å². The fourth-order valence-corrected chi connectivity index (χ4v) is 12.5. The molecule has 8 aromatic heterocycles. The van der Waals surface area contributed by atoms with Gasteiger partial charge < -0.3 is 34.1 Å². The molecule has 5 aromatic carbocycles. The van der Waals surface area contributed by atoms with Gasteiger partial charge in [0.15, 0.2) is 50.9 Å². The van der Waals surface area contributed by atoms with E-state index in [-0.39, 0.29) is 72.5 Å². The van der Waals surface area contributed by atoms with Crippen LogP contribution in [-0.4, -0.2) is 193 Å². The average molecular weight is 1650 g/mol. The summed E-state index contributed by atoms with van der Waals surface area (Å²) in [6, 6.07) is 28.6. The molecule has 0 amide bonds. The number of hydrogen-bond acceptors (Lipinski definition) is 26. The number of hydrogen-bond donors (Lipinski definition) is 4. The summed E-state index contributed by atoms with van der Waals surface area (Å²) in [7, 11) is 0. The topological polar surface area (TPSA) is 362 Å². The number of ketones is 4. The summed E-state index contributed by atoms with van der Waals surface area (Å²) >= 11 is 1.48. The number of nitrogens with zero attached hydrogens (tertiary/aromatic N) is 18. The molecule has 0 spiro atoms. The maximum absolute atomic E-state index is 14.7. The van der Waals surface area contributed by atoms with E-state index in [1.54, 1.807) is 76.1 Å². The largest absolute Gasteiger partial charge is 0.467 e. The molecule has 1 aliphatic heterocycles. The van der Waals surface area contributed by atoms with Crippen LogP contribution in [0, 0.1) is 52.4 Å². The number of carbonyl (C=O) groups excluding carboxylic acids is 4. The smallest absolute Gasteiger partial charge is 0.417 e. The van der Waals surface area contributed by atoms with E-state index in [9.17, 15) is 71.9 Å². The Morgan fingerprint density at radius 3 is 1.49 bits per heavy atom. The second-order valence-electron chi connectivity index (χ2n) is 24.3. The molecule has 0 aliphatic carbocycles. The van der Waals surface area contributed by atoms with Crippen LogP contribution in [0.4, 0.5) is 52.7 Å². The number of aliphatic hydroxyl groups excluding tert-OH is 4. The third-order valence-corrected chi connectivity index (χ3v) is 18.8. The zero-order valence-corrected chi connectivity index (χ0v) is 61.2. The number of halogens is 12. The Balaban J connectivity index is 0.000000153. The number of ether oxygens (including phenoxy) is 1. The quantitative estimate of drug-likeness (QED) is 0.0289. The average Bonchev–Trinajstić information content (AvgIpc) is 1.62. The van der Waals surface area contributed by atoms with Crippen LogP contribution >= 0.6 is 23.5 Å². The number of morpholine rings is 1. The summed E-state index contributed by atoms with van der Waals surface area (Å²) in [6.07, 6.45) is 1.12. The van der Waals surface area contributed by atoms with Crippen LogP contribution in [0.5, 0.6) is 0 Å². The highest BCUT2D eigenvalue weighted by Crippen LogP contribution is 2.37. The summed E-state index contributed by atoms with van der Waals surface area (Å²) in [5.74, 6) is -9.61. The maximum atomic E-state index is 14.7. The molecular weight excluding hydrogens is 1590 g/mol. The van der Waals surface area contributed by atoms with E-state index in [4.69, 9.17) is 29.6 Å². The molecule has 4 N–H and O–H groups in total. The number of tetrazole rings is 2. The van der Waals surface area contributed by atoms with E-state index in [2.05, 4.69) is 71.2 Å². The molecule has 42 heteroatoms. The molecule has 9 heterocycles. The third-order valence-electron chi connectivity index (χ3n) is 16.6. The van der Waals surface area contributed by atoms with Crippen molar-refractivity contribution in [3.05, 3.63) is 267 Å². The van der Waals surface area contributed by atoms with Gasteiger partial charge in [-0.2, -0.15) is 18.0 Å². The molecule has 0 atom stereocenters. The van der Waals surface area contributed by atoms with Gasteiger partial charge in [0.25, 0.3) is 0 Å². The van der Waals surface area contributed by atoms with Crippen molar-refractivity contribution in [3.8, 4) is 34.4 Å². The summed E-state index contributed by atoms with van der Waals surface area (Å²) in [6.45, 7) is -0.110. The Morgan fingerprint density at radius 2 is 1.00 bits per heavy atom. The Morgan fingerprint density at radius 1 is 0.483 bits per heavy atom. The number of aromatic nitrogens is 17. The highest BCUT2D eigenvalue weighted by atomic mass is 32.2. The van der Waals surface area contributed by atoms with Crippen molar-refractivity contribution in [1.82, 2.24) is 89.8 Å². The van der Waals surface area contributed by atoms with Crippen molar-refractivity contribution in [2.45, 2.75) is 58.9 Å². The van der Waals surface area contributed by atoms with Gasteiger partial charge in [-0.25, -0.2) is 44.2 Å². The van der Waals surface area contributed by atoms with Gasteiger partial charge in [-0.3, -0.25) is 43.6 Å². The Hall–Kier alpha value is -12.5. The molecule has 13 aromatic rings. The van der Waals surface area contributed by atoms with Crippen molar-refractivity contribution >= 4 is 46.7 Å². The first-order chi connectivity index (χ1) is 55.8. The van der Waals surface area contributed by atoms with Gasteiger partial charge in [0, 0.05) is 89.4 Å². The standard InChI is InChI=1S/C22H21F3N4O3S.C20H14F2N4O3S.C16H10F5N5O2.C16H13F2N5O2/c23-16-3-1-14(2-4-16)21-26-27-22(29(21)6-5-28-7-9-32-10-8-28)33-20-17(24)11-15(12-18(20)25)19(31)13-30;21-14-8-12(17(28)11-27)9-15(22)18(14)30-20-25-24-19(16-5-1-2-6-23-16)26(20)10-13-4-3-7-29-13;17-11-3-8(14(28)7-27)4-12(18)10(11)6-26-15(23-24-25-26)13-2-1-9(5-22-13)16(19,20)21;17-13-5-10(15(25)9-24)6-14(18)12(13)8-23-21-16(20-22-23)7-11-3-1-2-4-19-11/h1-4,11-12,30H,5-10,13H2;1-9,27H,10-11H2;1-5,27H,6-7H2;1-6,24H,7-9H2. The monoisotopic (exact) mass is 1650 g/mol. The van der Waals surface area contributed by atoms with Gasteiger partial charge in [-0.05, 0) is 160 Å². The number of pyridine rings is 3. The minimum atomic E-state index is -4.57. The Kier molecular flexibility index (Phi) is 28.4. The van der Waals surface area contributed by atoms with E-state index in [0.717, 1.165) is 112 Å². The Bertz CT molecular complexity index is 5500. The highest BCUT2D eigenvalue weighted by molar-refractivity contribution is 7.99. The molecular formula is C74H58F12N18O10S2. The van der Waals surface area contributed by atoms with Crippen molar-refractivity contribution in [3.63, 3.8) is 0 Å². The lowest BCUT2D eigenvalue weighted by molar-refractivity contribution is -0.137. The number of benzene rings is 5. The summed E-state index contributed by atoms with van der Waals surface area (Å²) in [5, 5.41) is 74.6. The van der Waals surface area contributed by atoms with Crippen LogP contribution < -0.4 is 0 Å². The molecule has 14 rings (SSSR count). The van der Waals surface area contributed by atoms with Gasteiger partial charge in [-0.1, -0.05) is 12.1 Å². The van der Waals surface area contributed by atoms with Gasteiger partial charge >= 0.3 is 6.18 Å². The zero-order chi connectivity index (χ0) is 82.7.